The van der Waals surface area contributed by atoms with E-state index in [-0.39, 0.29) is 6.61 Å². The van der Waals surface area contributed by atoms with Crippen LogP contribution in [0.15, 0.2) is 4.99 Å². The summed E-state index contributed by atoms with van der Waals surface area (Å²) in [6.07, 6.45) is 3.53. The van der Waals surface area contributed by atoms with Crippen LogP contribution >= 0.6 is 0 Å². The summed E-state index contributed by atoms with van der Waals surface area (Å²) in [5.74, 6) is 1.42. The third-order valence-corrected chi connectivity index (χ3v) is 2.66. The van der Waals surface area contributed by atoms with E-state index in [1.807, 2.05) is 6.92 Å². The molecule has 1 heterocycles. The normalized spacial score (nSPS) is 21.9. The van der Waals surface area contributed by atoms with Crippen molar-refractivity contribution in [3.8, 4) is 0 Å². The minimum Gasteiger partial charge on any atom is -0.396 e. The largest absolute Gasteiger partial charge is 0.396 e. The maximum Gasteiger partial charge on any atom is 0.0965 e. The Morgan fingerprint density at radius 2 is 2.23 bits per heavy atom. The van der Waals surface area contributed by atoms with Crippen molar-refractivity contribution in [2.45, 2.75) is 39.2 Å². The number of hydrogen-bond acceptors (Lipinski definition) is 3. The lowest BCUT2D eigenvalue weighted by atomic mass is 10.0. The van der Waals surface area contributed by atoms with Gasteiger partial charge in [-0.3, -0.25) is 4.99 Å². The Kier molecular flexibility index (Phi) is 4.22. The number of rotatable bonds is 3. The number of aliphatic hydroxyl groups is 1. The Balaban J connectivity index is 2.34. The van der Waals surface area contributed by atoms with Crippen LogP contribution in [0.4, 0.5) is 0 Å². The van der Waals surface area contributed by atoms with Gasteiger partial charge in [-0.1, -0.05) is 6.92 Å². The predicted molar refractivity (Wildman–Crippen MR) is 55.0 cm³/mol. The third kappa shape index (κ3) is 3.35. The van der Waals surface area contributed by atoms with Crippen molar-refractivity contribution in [1.82, 2.24) is 5.32 Å². The SMILES string of the molecule is CC(CO)C(C)NC1=NCCCC1. The maximum absolute atomic E-state index is 8.95. The fourth-order valence-corrected chi connectivity index (χ4v) is 1.38. The zero-order chi connectivity index (χ0) is 9.68. The first kappa shape index (κ1) is 10.5. The molecule has 1 rings (SSSR count). The van der Waals surface area contributed by atoms with Gasteiger partial charge >= 0.3 is 0 Å². The molecule has 2 atom stereocenters. The van der Waals surface area contributed by atoms with E-state index in [2.05, 4.69) is 17.2 Å². The fraction of sp³-hybridized carbons (Fsp3) is 0.900. The Bertz CT molecular complexity index is 180. The van der Waals surface area contributed by atoms with Gasteiger partial charge in [-0.05, 0) is 25.7 Å². The number of nitrogens with one attached hydrogen (secondary N) is 1. The molecule has 0 radical (unpaired) electrons. The third-order valence-electron chi connectivity index (χ3n) is 2.66. The second-order valence-electron chi connectivity index (χ2n) is 3.88. The van der Waals surface area contributed by atoms with Crippen molar-refractivity contribution in [1.29, 1.82) is 0 Å². The molecule has 0 aromatic rings. The maximum atomic E-state index is 8.95. The van der Waals surface area contributed by atoms with Crippen LogP contribution in [-0.2, 0) is 0 Å². The Morgan fingerprint density at radius 3 is 2.77 bits per heavy atom. The van der Waals surface area contributed by atoms with Crippen molar-refractivity contribution >= 4 is 5.84 Å². The number of aliphatic imine (C=N–C) groups is 1. The first-order valence-corrected chi connectivity index (χ1v) is 5.14. The zero-order valence-corrected chi connectivity index (χ0v) is 8.58. The van der Waals surface area contributed by atoms with Gasteiger partial charge in [-0.2, -0.15) is 0 Å². The molecule has 2 unspecified atom stereocenters. The summed E-state index contributed by atoms with van der Waals surface area (Å²) in [5.41, 5.74) is 0. The molecule has 1 aliphatic rings. The predicted octanol–water partition coefficient (Wildman–Crippen LogP) is 1.18. The molecule has 0 saturated heterocycles. The summed E-state index contributed by atoms with van der Waals surface area (Å²) in [6, 6.07) is 0.321. The highest BCUT2D eigenvalue weighted by Gasteiger charge is 2.13. The Labute approximate surface area is 80.3 Å². The van der Waals surface area contributed by atoms with Crippen LogP contribution in [0, 0.1) is 5.92 Å². The van der Waals surface area contributed by atoms with Crippen molar-refractivity contribution < 1.29 is 5.11 Å². The summed E-state index contributed by atoms with van der Waals surface area (Å²) in [5, 5.41) is 12.3. The van der Waals surface area contributed by atoms with E-state index in [1.165, 1.54) is 12.8 Å². The van der Waals surface area contributed by atoms with Gasteiger partial charge in [0.05, 0.1) is 5.84 Å². The summed E-state index contributed by atoms with van der Waals surface area (Å²) >= 11 is 0. The Morgan fingerprint density at radius 1 is 1.46 bits per heavy atom. The van der Waals surface area contributed by atoms with Crippen molar-refractivity contribution in [3.05, 3.63) is 0 Å². The van der Waals surface area contributed by atoms with Crippen molar-refractivity contribution in [3.63, 3.8) is 0 Å². The molecule has 13 heavy (non-hydrogen) atoms. The quantitative estimate of drug-likeness (QED) is 0.691. The van der Waals surface area contributed by atoms with Crippen LogP contribution in [0.25, 0.3) is 0 Å². The van der Waals surface area contributed by atoms with Gasteiger partial charge in [0, 0.05) is 25.6 Å². The lowest BCUT2D eigenvalue weighted by Gasteiger charge is -2.23. The lowest BCUT2D eigenvalue weighted by molar-refractivity contribution is 0.215. The highest BCUT2D eigenvalue weighted by Crippen LogP contribution is 2.07. The molecule has 3 nitrogen and oxygen atoms in total. The van der Waals surface area contributed by atoms with E-state index in [0.29, 0.717) is 12.0 Å². The van der Waals surface area contributed by atoms with Gasteiger partial charge in [-0.15, -0.1) is 0 Å². The molecular formula is C10H20N2O. The highest BCUT2D eigenvalue weighted by molar-refractivity contribution is 5.82. The van der Waals surface area contributed by atoms with Gasteiger partial charge < -0.3 is 10.4 Å². The number of hydrogen-bond donors (Lipinski definition) is 2. The highest BCUT2D eigenvalue weighted by atomic mass is 16.3. The molecule has 0 amide bonds. The molecule has 76 valence electrons. The van der Waals surface area contributed by atoms with Crippen molar-refractivity contribution in [2.75, 3.05) is 13.2 Å². The molecule has 3 heteroatoms. The first-order chi connectivity index (χ1) is 6.24. The lowest BCUT2D eigenvalue weighted by Crippen LogP contribution is -2.39. The summed E-state index contributed by atoms with van der Waals surface area (Å²) in [7, 11) is 0. The van der Waals surface area contributed by atoms with Gasteiger partial charge in [0.15, 0.2) is 0 Å². The summed E-state index contributed by atoms with van der Waals surface area (Å²) in [6.45, 7) is 5.34. The smallest absolute Gasteiger partial charge is 0.0965 e. The molecule has 0 spiro atoms. The number of amidine groups is 1. The minimum atomic E-state index is 0.238. The molecular weight excluding hydrogens is 164 g/mol. The van der Waals surface area contributed by atoms with E-state index in [9.17, 15) is 0 Å². The molecule has 1 aliphatic heterocycles. The topological polar surface area (TPSA) is 44.6 Å². The van der Waals surface area contributed by atoms with E-state index < -0.39 is 0 Å². The summed E-state index contributed by atoms with van der Waals surface area (Å²) < 4.78 is 0. The van der Waals surface area contributed by atoms with Crippen LogP contribution in [0.3, 0.4) is 0 Å². The molecule has 0 aliphatic carbocycles. The average molecular weight is 184 g/mol. The van der Waals surface area contributed by atoms with Crippen LogP contribution in [0.2, 0.25) is 0 Å². The van der Waals surface area contributed by atoms with Crippen molar-refractivity contribution in [2.24, 2.45) is 10.9 Å². The molecule has 0 bridgehead atoms. The standard InChI is InChI=1S/C10H20N2O/c1-8(7-13)9(2)12-10-5-3-4-6-11-10/h8-9,13H,3-7H2,1-2H3,(H,11,12). The second kappa shape index (κ2) is 5.22. The second-order valence-corrected chi connectivity index (χ2v) is 3.88. The zero-order valence-electron chi connectivity index (χ0n) is 8.58. The van der Waals surface area contributed by atoms with Gasteiger partial charge in [0.1, 0.15) is 0 Å². The van der Waals surface area contributed by atoms with E-state index >= 15 is 0 Å². The minimum absolute atomic E-state index is 0.238. The van der Waals surface area contributed by atoms with E-state index in [4.69, 9.17) is 5.11 Å². The van der Waals surface area contributed by atoms with Crippen LogP contribution in [0.5, 0.6) is 0 Å². The molecule has 0 saturated carbocycles. The molecule has 2 N–H and O–H groups in total. The monoisotopic (exact) mass is 184 g/mol. The van der Waals surface area contributed by atoms with Crippen LogP contribution in [-0.4, -0.2) is 30.1 Å². The van der Waals surface area contributed by atoms with Crippen LogP contribution in [0.1, 0.15) is 33.1 Å². The molecule has 0 fully saturated rings. The first-order valence-electron chi connectivity index (χ1n) is 5.14. The van der Waals surface area contributed by atoms with Gasteiger partial charge in [-0.25, -0.2) is 0 Å². The summed E-state index contributed by atoms with van der Waals surface area (Å²) in [4.78, 5) is 4.41. The van der Waals surface area contributed by atoms with E-state index in [1.54, 1.807) is 0 Å². The number of nitrogens with zero attached hydrogens (tertiary/aromatic N) is 1. The van der Waals surface area contributed by atoms with Gasteiger partial charge in [0.25, 0.3) is 0 Å². The number of aliphatic hydroxyl groups excluding tert-OH is 1. The van der Waals surface area contributed by atoms with Gasteiger partial charge in [0.2, 0.25) is 0 Å². The van der Waals surface area contributed by atoms with Crippen LogP contribution < -0.4 is 5.32 Å². The molecule has 0 aromatic carbocycles. The average Bonchev–Trinajstić information content (AvgIpc) is 2.18. The Hall–Kier alpha value is -0.570. The van der Waals surface area contributed by atoms with E-state index in [0.717, 1.165) is 18.8 Å². The molecule has 0 aromatic heterocycles. The fourth-order valence-electron chi connectivity index (χ4n) is 1.38.